The number of aromatic nitrogens is 1. The number of carbonyl (C=O) groups is 2. The molecule has 2 aromatic carbocycles. The van der Waals surface area contributed by atoms with Gasteiger partial charge in [-0.05, 0) is 66.8 Å². The van der Waals surface area contributed by atoms with Crippen molar-refractivity contribution in [2.24, 2.45) is 0 Å². The molecule has 0 aliphatic carbocycles. The molecule has 0 radical (unpaired) electrons. The molecule has 6 nitrogen and oxygen atoms in total. The first kappa shape index (κ1) is 25.4. The molecular formula is C29H31FN2O4. The highest BCUT2D eigenvalue weighted by Gasteiger charge is 2.27. The van der Waals surface area contributed by atoms with Crippen LogP contribution in [0.25, 0.3) is 11.1 Å². The molecule has 2 heterocycles. The van der Waals surface area contributed by atoms with Crippen LogP contribution in [-0.2, 0) is 29.0 Å². The Hall–Kier alpha value is -3.74. The molecule has 1 aliphatic rings. The van der Waals surface area contributed by atoms with Crippen molar-refractivity contribution >= 4 is 11.9 Å². The fraction of sp³-hybridized carbons (Fsp3) is 0.345. The van der Waals surface area contributed by atoms with Gasteiger partial charge in [-0.3, -0.25) is 14.6 Å². The van der Waals surface area contributed by atoms with E-state index in [2.05, 4.69) is 4.98 Å². The van der Waals surface area contributed by atoms with Crippen LogP contribution in [0, 0.1) is 5.82 Å². The maximum atomic E-state index is 14.8. The minimum absolute atomic E-state index is 0.00414. The lowest BCUT2D eigenvalue weighted by molar-refractivity contribution is -0.136. The van der Waals surface area contributed by atoms with Gasteiger partial charge in [-0.25, -0.2) is 4.39 Å². The minimum atomic E-state index is -0.925. The number of amides is 1. The van der Waals surface area contributed by atoms with E-state index in [-0.39, 0.29) is 30.2 Å². The molecule has 4 rings (SSSR count). The average molecular weight is 491 g/mol. The van der Waals surface area contributed by atoms with Gasteiger partial charge in [0.25, 0.3) is 0 Å². The molecular weight excluding hydrogens is 459 g/mol. The lowest BCUT2D eigenvalue weighted by Crippen LogP contribution is -2.37. The monoisotopic (exact) mass is 490 g/mol. The van der Waals surface area contributed by atoms with E-state index in [1.807, 2.05) is 45.0 Å². The Bertz CT molecular complexity index is 1260. The predicted octanol–water partition coefficient (Wildman–Crippen LogP) is 5.38. The number of halogens is 1. The molecule has 188 valence electrons. The number of rotatable bonds is 8. The summed E-state index contributed by atoms with van der Waals surface area (Å²) in [6.07, 6.45) is 2.22. The van der Waals surface area contributed by atoms with Crippen LogP contribution in [0.5, 0.6) is 5.75 Å². The Balaban J connectivity index is 1.66. The average Bonchev–Trinajstić information content (AvgIpc) is 2.84. The third-order valence-electron chi connectivity index (χ3n) is 6.44. The Labute approximate surface area is 210 Å². The van der Waals surface area contributed by atoms with Crippen molar-refractivity contribution < 1.29 is 23.8 Å². The van der Waals surface area contributed by atoms with Gasteiger partial charge in [0.1, 0.15) is 11.6 Å². The van der Waals surface area contributed by atoms with Crippen molar-refractivity contribution in [2.45, 2.75) is 58.6 Å². The number of carboxylic acid groups (broad SMARTS) is 1. The Morgan fingerprint density at radius 1 is 1.08 bits per heavy atom. The standard InChI is InChI=1S/C29H31FN2O4/c1-18(2)36-27-15-20(16-29(34)35)7-8-23(27)21-9-10-25(30)22-11-13-32(17-24(21)22)28(33)14-19(3)26-6-4-5-12-31-26/h4-10,12,15,18-19H,11,13-14,16-17H2,1-3H3,(H,34,35). The second kappa shape index (κ2) is 10.9. The van der Waals surface area contributed by atoms with Crippen molar-refractivity contribution in [1.29, 1.82) is 0 Å². The van der Waals surface area contributed by atoms with Crippen LogP contribution in [0.1, 0.15) is 55.5 Å². The molecule has 1 amide bonds. The summed E-state index contributed by atoms with van der Waals surface area (Å²) in [5.41, 5.74) is 4.41. The molecule has 36 heavy (non-hydrogen) atoms. The van der Waals surface area contributed by atoms with E-state index in [0.29, 0.717) is 42.8 Å². The lowest BCUT2D eigenvalue weighted by Gasteiger charge is -2.32. The zero-order valence-corrected chi connectivity index (χ0v) is 20.8. The third-order valence-corrected chi connectivity index (χ3v) is 6.44. The Kier molecular flexibility index (Phi) is 7.67. The van der Waals surface area contributed by atoms with Crippen LogP contribution in [-0.4, -0.2) is 39.5 Å². The second-order valence-corrected chi connectivity index (χ2v) is 9.54. The molecule has 1 N–H and O–H groups in total. The van der Waals surface area contributed by atoms with E-state index in [1.54, 1.807) is 29.3 Å². The van der Waals surface area contributed by atoms with Crippen molar-refractivity contribution in [3.05, 3.63) is 82.9 Å². The molecule has 1 atom stereocenters. The second-order valence-electron chi connectivity index (χ2n) is 9.54. The number of ether oxygens (including phenoxy) is 1. The summed E-state index contributed by atoms with van der Waals surface area (Å²) in [5, 5.41) is 9.21. The maximum Gasteiger partial charge on any atom is 0.307 e. The van der Waals surface area contributed by atoms with E-state index < -0.39 is 5.97 Å². The van der Waals surface area contributed by atoms with Gasteiger partial charge in [0, 0.05) is 42.9 Å². The fourth-order valence-electron chi connectivity index (χ4n) is 4.69. The molecule has 3 aromatic rings. The first-order valence-electron chi connectivity index (χ1n) is 12.2. The van der Waals surface area contributed by atoms with E-state index in [1.165, 1.54) is 6.07 Å². The highest BCUT2D eigenvalue weighted by atomic mass is 19.1. The molecule has 0 bridgehead atoms. The maximum absolute atomic E-state index is 14.8. The zero-order chi connectivity index (χ0) is 25.8. The summed E-state index contributed by atoms with van der Waals surface area (Å²) in [6.45, 7) is 6.54. The van der Waals surface area contributed by atoms with Crippen molar-refractivity contribution in [1.82, 2.24) is 9.88 Å². The van der Waals surface area contributed by atoms with E-state index in [0.717, 1.165) is 22.4 Å². The first-order chi connectivity index (χ1) is 17.2. The molecule has 7 heteroatoms. The first-order valence-corrected chi connectivity index (χ1v) is 12.2. The SMILES string of the molecule is CC(C)Oc1cc(CC(=O)O)ccc1-c1ccc(F)c2c1CN(C(=O)CC(C)c1ccccn1)CC2. The number of carboxylic acids is 1. The number of hydrogen-bond donors (Lipinski definition) is 1. The minimum Gasteiger partial charge on any atom is -0.490 e. The smallest absolute Gasteiger partial charge is 0.307 e. The van der Waals surface area contributed by atoms with Gasteiger partial charge in [-0.2, -0.15) is 0 Å². The third kappa shape index (κ3) is 5.73. The van der Waals surface area contributed by atoms with Gasteiger partial charge in [-0.15, -0.1) is 0 Å². The number of fused-ring (bicyclic) bond motifs is 1. The van der Waals surface area contributed by atoms with E-state index >= 15 is 0 Å². The number of nitrogens with zero attached hydrogens (tertiary/aromatic N) is 2. The predicted molar refractivity (Wildman–Crippen MR) is 135 cm³/mol. The molecule has 0 saturated heterocycles. The molecule has 0 saturated carbocycles. The van der Waals surface area contributed by atoms with Crippen LogP contribution in [0.4, 0.5) is 4.39 Å². The van der Waals surface area contributed by atoms with Crippen LogP contribution in [0.15, 0.2) is 54.7 Å². The molecule has 1 aromatic heterocycles. The lowest BCUT2D eigenvalue weighted by atomic mass is 9.89. The van der Waals surface area contributed by atoms with Crippen LogP contribution >= 0.6 is 0 Å². The normalized spacial score (nSPS) is 13.9. The van der Waals surface area contributed by atoms with Gasteiger partial charge in [0.2, 0.25) is 5.91 Å². The molecule has 1 unspecified atom stereocenters. The largest absolute Gasteiger partial charge is 0.490 e. The zero-order valence-electron chi connectivity index (χ0n) is 20.8. The number of pyridine rings is 1. The van der Waals surface area contributed by atoms with Crippen molar-refractivity contribution in [3.63, 3.8) is 0 Å². The van der Waals surface area contributed by atoms with Crippen molar-refractivity contribution in [3.8, 4) is 16.9 Å². The van der Waals surface area contributed by atoms with Crippen molar-refractivity contribution in [2.75, 3.05) is 6.54 Å². The summed E-state index contributed by atoms with van der Waals surface area (Å²) in [7, 11) is 0. The van der Waals surface area contributed by atoms with Crippen LogP contribution in [0.2, 0.25) is 0 Å². The topological polar surface area (TPSA) is 79.7 Å². The number of carbonyl (C=O) groups excluding carboxylic acids is 1. The number of benzene rings is 2. The van der Waals surface area contributed by atoms with E-state index in [9.17, 15) is 19.1 Å². The molecule has 0 fully saturated rings. The molecule has 0 spiro atoms. The summed E-state index contributed by atoms with van der Waals surface area (Å²) in [4.78, 5) is 30.6. The molecule has 1 aliphatic heterocycles. The Morgan fingerprint density at radius 2 is 1.86 bits per heavy atom. The summed E-state index contributed by atoms with van der Waals surface area (Å²) in [5.74, 6) is -0.683. The van der Waals surface area contributed by atoms with Gasteiger partial charge in [0.05, 0.1) is 12.5 Å². The summed E-state index contributed by atoms with van der Waals surface area (Å²) < 4.78 is 20.9. The van der Waals surface area contributed by atoms with E-state index in [4.69, 9.17) is 4.74 Å². The fourth-order valence-corrected chi connectivity index (χ4v) is 4.69. The summed E-state index contributed by atoms with van der Waals surface area (Å²) in [6, 6.07) is 14.2. The van der Waals surface area contributed by atoms with Gasteiger partial charge in [-0.1, -0.05) is 31.2 Å². The van der Waals surface area contributed by atoms with Crippen LogP contribution in [0.3, 0.4) is 0 Å². The van der Waals surface area contributed by atoms with Gasteiger partial charge in [0.15, 0.2) is 0 Å². The highest BCUT2D eigenvalue weighted by molar-refractivity contribution is 5.80. The summed E-state index contributed by atoms with van der Waals surface area (Å²) >= 11 is 0. The van der Waals surface area contributed by atoms with Gasteiger partial charge < -0.3 is 14.7 Å². The highest BCUT2D eigenvalue weighted by Crippen LogP contribution is 2.38. The Morgan fingerprint density at radius 3 is 2.56 bits per heavy atom. The number of hydrogen-bond acceptors (Lipinski definition) is 4. The number of aliphatic carboxylic acids is 1. The quantitative estimate of drug-likeness (QED) is 0.459. The van der Waals surface area contributed by atoms with Gasteiger partial charge >= 0.3 is 5.97 Å². The van der Waals surface area contributed by atoms with Crippen LogP contribution < -0.4 is 4.74 Å².